The molecule has 1 aromatic rings. The molecule has 0 amide bonds. The Morgan fingerprint density at radius 1 is 1.24 bits per heavy atom. The van der Waals surface area contributed by atoms with Crippen LogP contribution in [0.3, 0.4) is 0 Å². The number of carbonyl (C=O) groups is 1. The molecule has 1 aliphatic rings. The van der Waals surface area contributed by atoms with Gasteiger partial charge in [0.1, 0.15) is 5.78 Å². The third-order valence-electron chi connectivity index (χ3n) is 4.15. The lowest BCUT2D eigenvalue weighted by atomic mass is 9.72. The van der Waals surface area contributed by atoms with Gasteiger partial charge < -0.3 is 0 Å². The maximum atomic E-state index is 12.1. The smallest absolute Gasteiger partial charge is 0.269 e. The first-order valence-corrected chi connectivity index (χ1v) is 8.09. The number of non-ortho nitro benzene ring substituents is 1. The Labute approximate surface area is 129 Å². The third kappa shape index (κ3) is 4.06. The number of thioether (sulfide) groups is 1. The van der Waals surface area contributed by atoms with Gasteiger partial charge in [0.05, 0.1) is 10.2 Å². The number of rotatable bonds is 3. The number of nitro benzene ring substituents is 1. The zero-order valence-corrected chi connectivity index (χ0v) is 13.5. The van der Waals surface area contributed by atoms with Gasteiger partial charge >= 0.3 is 0 Å². The van der Waals surface area contributed by atoms with Gasteiger partial charge in [-0.2, -0.15) is 0 Å². The molecule has 1 aliphatic carbocycles. The molecule has 5 heteroatoms. The number of hydrogen-bond acceptors (Lipinski definition) is 4. The van der Waals surface area contributed by atoms with Crippen LogP contribution in [0.25, 0.3) is 0 Å². The number of Topliss-reactive ketones (excluding diaryl/α,β-unsaturated/α-hetero) is 1. The van der Waals surface area contributed by atoms with E-state index >= 15 is 0 Å². The van der Waals surface area contributed by atoms with Crippen LogP contribution in [-0.4, -0.2) is 16.0 Å². The van der Waals surface area contributed by atoms with E-state index < -0.39 is 4.92 Å². The number of benzene rings is 1. The van der Waals surface area contributed by atoms with E-state index in [1.54, 1.807) is 23.9 Å². The highest BCUT2D eigenvalue weighted by atomic mass is 32.2. The number of nitro groups is 1. The molecule has 0 saturated heterocycles. The third-order valence-corrected chi connectivity index (χ3v) is 5.43. The van der Waals surface area contributed by atoms with Crippen molar-refractivity contribution in [1.82, 2.24) is 0 Å². The van der Waals surface area contributed by atoms with E-state index in [-0.39, 0.29) is 16.4 Å². The van der Waals surface area contributed by atoms with Crippen LogP contribution in [0.2, 0.25) is 0 Å². The van der Waals surface area contributed by atoms with Crippen LogP contribution in [0.5, 0.6) is 0 Å². The lowest BCUT2D eigenvalue weighted by Gasteiger charge is -2.36. The Hall–Kier alpha value is -1.36. The quantitative estimate of drug-likeness (QED) is 0.610. The van der Waals surface area contributed by atoms with Crippen LogP contribution < -0.4 is 0 Å². The average Bonchev–Trinajstić information content (AvgIpc) is 2.40. The molecule has 2 rings (SSSR count). The summed E-state index contributed by atoms with van der Waals surface area (Å²) in [6.07, 6.45) is 2.51. The van der Waals surface area contributed by atoms with Crippen LogP contribution >= 0.6 is 11.8 Å². The lowest BCUT2D eigenvalue weighted by molar-refractivity contribution is -0.384. The fraction of sp³-hybridized carbons (Fsp3) is 0.562. The molecule has 21 heavy (non-hydrogen) atoms. The van der Waals surface area contributed by atoms with E-state index in [1.165, 1.54) is 12.1 Å². The molecule has 0 heterocycles. The first-order chi connectivity index (χ1) is 9.77. The monoisotopic (exact) mass is 307 g/mol. The van der Waals surface area contributed by atoms with Crippen LogP contribution in [0.1, 0.15) is 40.0 Å². The van der Waals surface area contributed by atoms with Gasteiger partial charge in [0.25, 0.3) is 5.69 Å². The van der Waals surface area contributed by atoms with Gasteiger partial charge in [-0.1, -0.05) is 20.8 Å². The van der Waals surface area contributed by atoms with Gasteiger partial charge in [0, 0.05) is 23.4 Å². The van der Waals surface area contributed by atoms with E-state index in [1.807, 2.05) is 0 Å². The second-order valence-corrected chi connectivity index (χ2v) is 7.94. The molecule has 0 aromatic heterocycles. The maximum Gasteiger partial charge on any atom is 0.269 e. The standard InChI is InChI=1S/C16H21NO3S/c1-16(2,3)11-4-9-14(18)15(10-11)21-13-7-5-12(6-8-13)17(19)20/h5-8,11,15H,4,9-10H2,1-3H3. The largest absolute Gasteiger partial charge is 0.298 e. The summed E-state index contributed by atoms with van der Waals surface area (Å²) in [6.45, 7) is 6.67. The Balaban J connectivity index is 2.06. The van der Waals surface area contributed by atoms with Crippen molar-refractivity contribution in [2.24, 2.45) is 11.3 Å². The molecule has 2 unspecified atom stereocenters. The summed E-state index contributed by atoms with van der Waals surface area (Å²) in [5.74, 6) is 0.851. The van der Waals surface area contributed by atoms with Gasteiger partial charge in [0.2, 0.25) is 0 Å². The van der Waals surface area contributed by atoms with Crippen molar-refractivity contribution in [3.8, 4) is 0 Å². The predicted molar refractivity (Wildman–Crippen MR) is 84.5 cm³/mol. The van der Waals surface area contributed by atoms with Crippen molar-refractivity contribution < 1.29 is 9.72 Å². The molecule has 1 saturated carbocycles. The number of nitrogens with zero attached hydrogens (tertiary/aromatic N) is 1. The van der Waals surface area contributed by atoms with Crippen molar-refractivity contribution in [2.45, 2.75) is 50.2 Å². The highest BCUT2D eigenvalue weighted by Gasteiger charge is 2.35. The fourth-order valence-corrected chi connectivity index (χ4v) is 3.90. The molecule has 0 spiro atoms. The van der Waals surface area contributed by atoms with Crippen LogP contribution in [0.15, 0.2) is 29.2 Å². The minimum Gasteiger partial charge on any atom is -0.298 e. The van der Waals surface area contributed by atoms with E-state index in [2.05, 4.69) is 20.8 Å². The topological polar surface area (TPSA) is 60.2 Å². The highest BCUT2D eigenvalue weighted by Crippen LogP contribution is 2.42. The van der Waals surface area contributed by atoms with Crippen LogP contribution in [0, 0.1) is 21.4 Å². The molecule has 0 aliphatic heterocycles. The second-order valence-electron chi connectivity index (χ2n) is 6.66. The minimum absolute atomic E-state index is 0.0237. The van der Waals surface area contributed by atoms with Crippen molar-refractivity contribution in [3.63, 3.8) is 0 Å². The Bertz CT molecular complexity index is 533. The van der Waals surface area contributed by atoms with Crippen molar-refractivity contribution >= 4 is 23.2 Å². The summed E-state index contributed by atoms with van der Waals surface area (Å²) in [5, 5.41) is 10.6. The van der Waals surface area contributed by atoms with Crippen molar-refractivity contribution in [1.29, 1.82) is 0 Å². The number of carbonyl (C=O) groups excluding carboxylic acids is 1. The summed E-state index contributed by atoms with van der Waals surface area (Å²) < 4.78 is 0. The summed E-state index contributed by atoms with van der Waals surface area (Å²) in [6, 6.07) is 6.46. The normalized spacial score (nSPS) is 23.1. The summed E-state index contributed by atoms with van der Waals surface area (Å²) in [4.78, 5) is 23.3. The zero-order chi connectivity index (χ0) is 15.6. The Morgan fingerprint density at radius 3 is 2.38 bits per heavy atom. The summed E-state index contributed by atoms with van der Waals surface area (Å²) in [5.41, 5.74) is 0.302. The summed E-state index contributed by atoms with van der Waals surface area (Å²) >= 11 is 1.54. The second kappa shape index (κ2) is 6.18. The van der Waals surface area contributed by atoms with Gasteiger partial charge in [0.15, 0.2) is 0 Å². The first kappa shape index (κ1) is 16.0. The summed E-state index contributed by atoms with van der Waals surface area (Å²) in [7, 11) is 0. The van der Waals surface area contributed by atoms with E-state index in [4.69, 9.17) is 0 Å². The van der Waals surface area contributed by atoms with E-state index in [0.29, 0.717) is 18.1 Å². The molecule has 0 radical (unpaired) electrons. The first-order valence-electron chi connectivity index (χ1n) is 7.21. The highest BCUT2D eigenvalue weighted by molar-refractivity contribution is 8.00. The van der Waals surface area contributed by atoms with Gasteiger partial charge in [-0.15, -0.1) is 11.8 Å². The van der Waals surface area contributed by atoms with Crippen LogP contribution in [-0.2, 0) is 4.79 Å². The number of ketones is 1. The van der Waals surface area contributed by atoms with E-state index in [9.17, 15) is 14.9 Å². The molecular formula is C16H21NO3S. The van der Waals surface area contributed by atoms with Crippen molar-refractivity contribution in [3.05, 3.63) is 34.4 Å². The predicted octanol–water partition coefficient (Wildman–Crippen LogP) is 4.47. The molecule has 0 bridgehead atoms. The lowest BCUT2D eigenvalue weighted by Crippen LogP contribution is -2.33. The molecule has 4 nitrogen and oxygen atoms in total. The molecule has 114 valence electrons. The maximum absolute atomic E-state index is 12.1. The van der Waals surface area contributed by atoms with Gasteiger partial charge in [-0.05, 0) is 36.3 Å². The van der Waals surface area contributed by atoms with Crippen LogP contribution in [0.4, 0.5) is 5.69 Å². The Morgan fingerprint density at radius 2 is 1.86 bits per heavy atom. The fourth-order valence-electron chi connectivity index (χ4n) is 2.70. The van der Waals surface area contributed by atoms with Gasteiger partial charge in [-0.25, -0.2) is 0 Å². The molecule has 2 atom stereocenters. The SMILES string of the molecule is CC(C)(C)C1CCC(=O)C(Sc2ccc([N+](=O)[O-])cc2)C1. The minimum atomic E-state index is -0.407. The zero-order valence-electron chi connectivity index (χ0n) is 12.7. The number of hydrogen-bond donors (Lipinski definition) is 0. The molecule has 0 N–H and O–H groups in total. The van der Waals surface area contributed by atoms with Crippen molar-refractivity contribution in [2.75, 3.05) is 0 Å². The molecular weight excluding hydrogens is 286 g/mol. The molecule has 1 aromatic carbocycles. The van der Waals surface area contributed by atoms with E-state index in [0.717, 1.165) is 17.7 Å². The molecule has 1 fully saturated rings. The van der Waals surface area contributed by atoms with Gasteiger partial charge in [-0.3, -0.25) is 14.9 Å². The average molecular weight is 307 g/mol. The Kier molecular flexibility index (Phi) is 4.71.